The zero-order valence-electron chi connectivity index (χ0n) is 23.1. The Morgan fingerprint density at radius 3 is 2.28 bits per heavy atom. The van der Waals surface area contributed by atoms with Crippen LogP contribution in [0.4, 0.5) is 4.79 Å². The maximum Gasteiger partial charge on any atom is 0.417 e. The van der Waals surface area contributed by atoms with Gasteiger partial charge in [-0.1, -0.05) is 68.9 Å². The number of aliphatic hydroxyl groups excluding tert-OH is 1. The number of rotatable bonds is 15. The highest BCUT2D eigenvalue weighted by molar-refractivity contribution is 9.10. The number of carbonyl (C=O) groups excluding carboxylic acids is 3. The highest BCUT2D eigenvalue weighted by Gasteiger charge is 2.46. The van der Waals surface area contributed by atoms with Crippen LogP contribution in [-0.2, 0) is 25.5 Å². The lowest BCUT2D eigenvalue weighted by Crippen LogP contribution is -2.43. The number of cyclic esters (lactones) is 1. The molecule has 1 aromatic carbocycles. The van der Waals surface area contributed by atoms with Gasteiger partial charge in [0.15, 0.2) is 6.10 Å². The van der Waals surface area contributed by atoms with Crippen molar-refractivity contribution in [3.63, 3.8) is 0 Å². The number of ether oxygens (including phenoxy) is 2. The molecule has 9 heteroatoms. The molecule has 4 atom stereocenters. The Bertz CT molecular complexity index is 1090. The minimum absolute atomic E-state index is 0.268. The molecule has 214 valence electrons. The lowest BCUT2D eigenvalue weighted by Gasteiger charge is -2.26. The average molecular weight is 607 g/mol. The summed E-state index contributed by atoms with van der Waals surface area (Å²) in [6.45, 7) is 4.95. The summed E-state index contributed by atoms with van der Waals surface area (Å²) in [6, 6.07) is 10.5. The number of hydrogen-bond acceptors (Lipinski definition) is 7. The summed E-state index contributed by atoms with van der Waals surface area (Å²) in [5.74, 6) is -0.827. The molecular weight excluding hydrogens is 566 g/mol. The van der Waals surface area contributed by atoms with Crippen LogP contribution in [0, 0.1) is 5.92 Å². The topological polar surface area (TPSA) is 106 Å². The van der Waals surface area contributed by atoms with Crippen molar-refractivity contribution < 1.29 is 33.4 Å². The maximum atomic E-state index is 13.6. The monoisotopic (exact) mass is 605 g/mol. The molecule has 3 rings (SSSR count). The second kappa shape index (κ2) is 15.2. The van der Waals surface area contributed by atoms with E-state index in [0.717, 1.165) is 59.2 Å². The molecule has 2 aromatic rings. The van der Waals surface area contributed by atoms with Gasteiger partial charge in [-0.25, -0.2) is 9.69 Å². The van der Waals surface area contributed by atoms with E-state index in [4.69, 9.17) is 19.0 Å². The molecule has 0 radical (unpaired) electrons. The number of hydrogen-bond donors (Lipinski definition) is 1. The van der Waals surface area contributed by atoms with Gasteiger partial charge in [-0.15, -0.1) is 0 Å². The van der Waals surface area contributed by atoms with Crippen LogP contribution in [0.3, 0.4) is 0 Å². The molecule has 0 spiro atoms. The highest BCUT2D eigenvalue weighted by Crippen LogP contribution is 2.38. The van der Waals surface area contributed by atoms with Crippen molar-refractivity contribution in [3.05, 3.63) is 58.0 Å². The van der Waals surface area contributed by atoms with Crippen LogP contribution in [-0.4, -0.2) is 40.6 Å². The van der Waals surface area contributed by atoms with Gasteiger partial charge in [0, 0.05) is 20.0 Å². The number of furan rings is 1. The smallest absolute Gasteiger partial charge is 0.417 e. The molecule has 1 aliphatic rings. The third kappa shape index (κ3) is 8.42. The Balaban J connectivity index is 1.63. The summed E-state index contributed by atoms with van der Waals surface area (Å²) in [5, 5.41) is 8.85. The number of imide groups is 1. The summed E-state index contributed by atoms with van der Waals surface area (Å²) in [6.07, 6.45) is 7.06. The van der Waals surface area contributed by atoms with Gasteiger partial charge >= 0.3 is 12.1 Å². The minimum Gasteiger partial charge on any atom is -0.461 e. The molecule has 0 bridgehead atoms. The fourth-order valence-electron chi connectivity index (χ4n) is 4.97. The van der Waals surface area contributed by atoms with E-state index in [1.54, 1.807) is 19.9 Å². The quantitative estimate of drug-likeness (QED) is 0.171. The molecule has 4 unspecified atom stereocenters. The van der Waals surface area contributed by atoms with E-state index in [2.05, 4.69) is 15.9 Å². The predicted octanol–water partition coefficient (Wildman–Crippen LogP) is 7.05. The van der Waals surface area contributed by atoms with Crippen LogP contribution < -0.4 is 0 Å². The summed E-state index contributed by atoms with van der Waals surface area (Å²) in [5.41, 5.74) is 0.805. The fourth-order valence-corrected chi connectivity index (χ4v) is 5.48. The number of benzene rings is 1. The Hall–Kier alpha value is -2.65. The minimum atomic E-state index is -0.991. The molecule has 0 saturated carbocycles. The van der Waals surface area contributed by atoms with Gasteiger partial charge in [0.1, 0.15) is 17.6 Å². The van der Waals surface area contributed by atoms with Gasteiger partial charge in [-0.2, -0.15) is 0 Å². The second-order valence-electron chi connectivity index (χ2n) is 10.2. The van der Waals surface area contributed by atoms with Crippen LogP contribution in [0.25, 0.3) is 0 Å². The first-order valence-electron chi connectivity index (χ1n) is 13.9. The van der Waals surface area contributed by atoms with E-state index < -0.39 is 42.1 Å². The molecule has 1 N–H and O–H groups in total. The van der Waals surface area contributed by atoms with E-state index >= 15 is 0 Å². The fraction of sp³-hybridized carbons (Fsp3) is 0.567. The Morgan fingerprint density at radius 2 is 1.67 bits per heavy atom. The van der Waals surface area contributed by atoms with Gasteiger partial charge in [-0.05, 0) is 54.2 Å². The summed E-state index contributed by atoms with van der Waals surface area (Å²) in [4.78, 5) is 39.4. The summed E-state index contributed by atoms with van der Waals surface area (Å²) < 4.78 is 18.0. The third-order valence-corrected chi connectivity index (χ3v) is 7.81. The molecule has 2 amide bonds. The molecule has 8 nitrogen and oxygen atoms in total. The molecule has 1 aromatic heterocycles. The first-order chi connectivity index (χ1) is 18.7. The molecule has 0 aliphatic carbocycles. The molecule has 1 saturated heterocycles. The highest BCUT2D eigenvalue weighted by atomic mass is 79.9. The Labute approximate surface area is 239 Å². The van der Waals surface area contributed by atoms with Crippen LogP contribution in [0.15, 0.2) is 45.3 Å². The maximum absolute atomic E-state index is 13.6. The number of halogens is 1. The predicted molar refractivity (Wildman–Crippen MR) is 150 cm³/mol. The Kier molecular flexibility index (Phi) is 12.1. The van der Waals surface area contributed by atoms with Crippen LogP contribution in [0.2, 0.25) is 0 Å². The van der Waals surface area contributed by atoms with E-state index in [1.807, 2.05) is 30.3 Å². The standard InChI is InChI=1S/C30H40BrNO7/c1-20(29(35)32-21(2)28(39-30(32)36)23-15-11-10-12-16-23)27(37-22(3)34)26-19-24(31)25(38-26)17-13-8-6-4-5-7-9-14-18-33/h10-12,15-16,19-21,27-28,33H,4-9,13-14,17-18H2,1-3H3. The first-order valence-corrected chi connectivity index (χ1v) is 14.7. The van der Waals surface area contributed by atoms with Crippen LogP contribution in [0.1, 0.15) is 101 Å². The van der Waals surface area contributed by atoms with E-state index in [1.165, 1.54) is 19.8 Å². The van der Waals surface area contributed by atoms with E-state index in [0.29, 0.717) is 12.2 Å². The van der Waals surface area contributed by atoms with Gasteiger partial charge in [0.2, 0.25) is 5.91 Å². The summed E-state index contributed by atoms with van der Waals surface area (Å²) >= 11 is 3.55. The van der Waals surface area contributed by atoms with Crippen molar-refractivity contribution in [3.8, 4) is 0 Å². The van der Waals surface area contributed by atoms with Crippen molar-refractivity contribution in [2.45, 2.75) is 96.8 Å². The third-order valence-electron chi connectivity index (χ3n) is 7.14. The summed E-state index contributed by atoms with van der Waals surface area (Å²) in [7, 11) is 0. The number of unbranched alkanes of at least 4 members (excludes halogenated alkanes) is 7. The lowest BCUT2D eigenvalue weighted by atomic mass is 9.98. The van der Waals surface area contributed by atoms with Gasteiger partial charge in [0.05, 0.1) is 16.4 Å². The van der Waals surface area contributed by atoms with E-state index in [9.17, 15) is 14.4 Å². The zero-order chi connectivity index (χ0) is 28.4. The van der Waals surface area contributed by atoms with Crippen molar-refractivity contribution in [1.82, 2.24) is 4.90 Å². The number of carbonyl (C=O) groups is 3. The molecule has 1 fully saturated rings. The number of nitrogens with zero attached hydrogens (tertiary/aromatic N) is 1. The number of aryl methyl sites for hydroxylation is 1. The lowest BCUT2D eigenvalue weighted by molar-refractivity contribution is -0.154. The number of aliphatic hydroxyl groups is 1. The van der Waals surface area contributed by atoms with Crippen LogP contribution >= 0.6 is 15.9 Å². The normalized spacial score (nSPS) is 18.6. The largest absolute Gasteiger partial charge is 0.461 e. The van der Waals surface area contributed by atoms with Gasteiger partial charge < -0.3 is 19.0 Å². The number of amides is 2. The average Bonchev–Trinajstić information content (AvgIpc) is 3.43. The van der Waals surface area contributed by atoms with Crippen molar-refractivity contribution >= 4 is 33.9 Å². The zero-order valence-corrected chi connectivity index (χ0v) is 24.7. The van der Waals surface area contributed by atoms with Gasteiger partial charge in [-0.3, -0.25) is 9.59 Å². The Morgan fingerprint density at radius 1 is 1.05 bits per heavy atom. The van der Waals surface area contributed by atoms with E-state index in [-0.39, 0.29) is 6.61 Å². The molecular formula is C30H40BrNO7. The van der Waals surface area contributed by atoms with Crippen LogP contribution in [0.5, 0.6) is 0 Å². The van der Waals surface area contributed by atoms with Crippen molar-refractivity contribution in [2.75, 3.05) is 6.61 Å². The SMILES string of the molecule is CC(=O)OC(c1cc(Br)c(CCCCCCCCCCO)o1)C(C)C(=O)N1C(=O)OC(c2ccccc2)C1C. The van der Waals surface area contributed by atoms with Crippen molar-refractivity contribution in [1.29, 1.82) is 0 Å². The number of esters is 1. The first kappa shape index (κ1) is 30.9. The molecule has 39 heavy (non-hydrogen) atoms. The molecule has 2 heterocycles. The van der Waals surface area contributed by atoms with Gasteiger partial charge in [0.25, 0.3) is 0 Å². The van der Waals surface area contributed by atoms with Crippen molar-refractivity contribution in [2.24, 2.45) is 5.92 Å². The second-order valence-corrected chi connectivity index (χ2v) is 11.1. The molecule has 1 aliphatic heterocycles.